The Hall–Kier alpha value is -1.40. The number of rotatable bonds is 6. The van der Waals surface area contributed by atoms with Crippen molar-refractivity contribution in [3.05, 3.63) is 24.4 Å². The van der Waals surface area contributed by atoms with E-state index in [0.717, 1.165) is 5.52 Å². The van der Waals surface area contributed by atoms with Crippen molar-refractivity contribution in [2.24, 2.45) is 0 Å². The van der Waals surface area contributed by atoms with E-state index in [1.54, 1.807) is 16.8 Å². The van der Waals surface area contributed by atoms with Gasteiger partial charge in [0.25, 0.3) is 0 Å². The third kappa shape index (κ3) is 3.02. The van der Waals surface area contributed by atoms with Gasteiger partial charge in [-0.1, -0.05) is 6.07 Å². The molecule has 1 aromatic heterocycles. The van der Waals surface area contributed by atoms with Gasteiger partial charge in [0.1, 0.15) is 5.75 Å². The second kappa shape index (κ2) is 6.37. The average molecular weight is 299 g/mol. The fourth-order valence-corrected chi connectivity index (χ4v) is 2.78. The zero-order valence-electron chi connectivity index (χ0n) is 11.5. The Morgan fingerprint density at radius 3 is 2.80 bits per heavy atom. The van der Waals surface area contributed by atoms with Crippen LogP contribution < -0.4 is 4.74 Å². The first-order chi connectivity index (χ1) is 9.54. The molecule has 6 heteroatoms. The summed E-state index contributed by atoms with van der Waals surface area (Å²) in [6, 6.07) is 5.45. The Morgan fingerprint density at radius 2 is 2.20 bits per heavy atom. The lowest BCUT2D eigenvalue weighted by molar-refractivity contribution is 0.245. The molecule has 2 aromatic rings. The molecular weight excluding hydrogens is 281 g/mol. The summed E-state index contributed by atoms with van der Waals surface area (Å²) in [4.78, 5) is 0.301. The first kappa shape index (κ1) is 15.0. The number of aryl methyl sites for hydroxylation is 1. The molecule has 110 valence electrons. The lowest BCUT2D eigenvalue weighted by Gasteiger charge is -2.11. The summed E-state index contributed by atoms with van der Waals surface area (Å²) in [5.74, 6) is 0.578. The van der Waals surface area contributed by atoms with Crippen LogP contribution in [0.2, 0.25) is 0 Å². The van der Waals surface area contributed by atoms with E-state index in [4.69, 9.17) is 4.74 Å². The minimum Gasteiger partial charge on any atom is -0.490 e. The zero-order chi connectivity index (χ0) is 14.7. The molecule has 1 unspecified atom stereocenters. The number of halogens is 1. The number of benzene rings is 1. The highest BCUT2D eigenvalue weighted by Gasteiger charge is 2.17. The highest BCUT2D eigenvalue weighted by Crippen LogP contribution is 2.33. The molecule has 0 saturated heterocycles. The maximum Gasteiger partial charge on any atom is 0.188 e. The molecule has 0 aliphatic carbocycles. The molecular formula is C14H18FNO3S. The first-order valence-corrected chi connectivity index (χ1v) is 7.60. The van der Waals surface area contributed by atoms with Crippen molar-refractivity contribution in [2.75, 3.05) is 6.67 Å². The van der Waals surface area contributed by atoms with E-state index in [1.165, 1.54) is 0 Å². The Balaban J connectivity index is 2.59. The Kier molecular flexibility index (Phi) is 4.77. The molecule has 0 fully saturated rings. The third-order valence-electron chi connectivity index (χ3n) is 2.92. The minimum atomic E-state index is -2.11. The first-order valence-electron chi connectivity index (χ1n) is 6.50. The summed E-state index contributed by atoms with van der Waals surface area (Å²) >= 11 is -2.11. The van der Waals surface area contributed by atoms with Crippen LogP contribution in [0.25, 0.3) is 10.9 Å². The molecule has 0 aliphatic rings. The van der Waals surface area contributed by atoms with E-state index in [1.807, 2.05) is 26.0 Å². The van der Waals surface area contributed by atoms with Crippen LogP contribution in [-0.4, -0.2) is 26.1 Å². The molecule has 0 amide bonds. The fourth-order valence-electron chi connectivity index (χ4n) is 2.18. The predicted octanol–water partition coefficient (Wildman–Crippen LogP) is 3.37. The smallest absolute Gasteiger partial charge is 0.188 e. The van der Waals surface area contributed by atoms with Crippen LogP contribution in [0.4, 0.5) is 4.39 Å². The number of hydrogen-bond acceptors (Lipinski definition) is 2. The van der Waals surface area contributed by atoms with Gasteiger partial charge in [-0.05, 0) is 32.4 Å². The van der Waals surface area contributed by atoms with E-state index in [9.17, 15) is 13.2 Å². The summed E-state index contributed by atoms with van der Waals surface area (Å²) in [6.07, 6.45) is 1.94. The quantitative estimate of drug-likeness (QED) is 0.832. The number of aromatic nitrogens is 1. The lowest BCUT2D eigenvalue weighted by Crippen LogP contribution is -2.06. The molecule has 20 heavy (non-hydrogen) atoms. The van der Waals surface area contributed by atoms with E-state index in [2.05, 4.69) is 0 Å². The third-order valence-corrected chi connectivity index (χ3v) is 3.60. The van der Waals surface area contributed by atoms with Gasteiger partial charge in [-0.2, -0.15) is 0 Å². The highest BCUT2D eigenvalue weighted by molar-refractivity contribution is 7.79. The summed E-state index contributed by atoms with van der Waals surface area (Å²) < 4.78 is 40.8. The second-order valence-corrected chi connectivity index (χ2v) is 5.73. The topological polar surface area (TPSA) is 51.5 Å². The highest BCUT2D eigenvalue weighted by atomic mass is 32.2. The number of hydrogen-bond donors (Lipinski definition) is 1. The van der Waals surface area contributed by atoms with Crippen molar-refractivity contribution in [2.45, 2.75) is 37.8 Å². The SMILES string of the molecule is CC(C)Oc1cccc2c1c(S(=O)O)cn2CCCF. The standard InChI is InChI=1S/C14H18FNO3S/c1-10(2)19-12-6-3-5-11-14(12)13(20(17)18)9-16(11)8-4-7-15/h3,5-6,9-10H,4,7-8H2,1-2H3,(H,17,18). The van der Waals surface area contributed by atoms with Gasteiger partial charge in [0.05, 0.1) is 28.6 Å². The maximum absolute atomic E-state index is 12.3. The van der Waals surface area contributed by atoms with Crippen molar-refractivity contribution in [3.63, 3.8) is 0 Å². The van der Waals surface area contributed by atoms with Crippen LogP contribution in [0.3, 0.4) is 0 Å². The van der Waals surface area contributed by atoms with Crippen molar-refractivity contribution in [3.8, 4) is 5.75 Å². The van der Waals surface area contributed by atoms with Crippen molar-refractivity contribution in [1.29, 1.82) is 0 Å². The Morgan fingerprint density at radius 1 is 1.45 bits per heavy atom. The molecule has 1 heterocycles. The molecule has 0 bridgehead atoms. The number of nitrogens with zero attached hydrogens (tertiary/aromatic N) is 1. The van der Waals surface area contributed by atoms with Crippen molar-refractivity contribution in [1.82, 2.24) is 4.57 Å². The number of alkyl halides is 1. The molecule has 1 N–H and O–H groups in total. The van der Waals surface area contributed by atoms with Crippen molar-refractivity contribution < 1.29 is 17.9 Å². The number of ether oxygens (including phenoxy) is 1. The van der Waals surface area contributed by atoms with Crippen LogP contribution in [0, 0.1) is 0 Å². The van der Waals surface area contributed by atoms with E-state index in [-0.39, 0.29) is 6.10 Å². The van der Waals surface area contributed by atoms with Crippen LogP contribution in [-0.2, 0) is 17.6 Å². The predicted molar refractivity (Wildman–Crippen MR) is 77.3 cm³/mol. The normalized spacial score (nSPS) is 13.1. The fraction of sp³-hybridized carbons (Fsp3) is 0.429. The summed E-state index contributed by atoms with van der Waals surface area (Å²) in [5, 5.41) is 0.626. The van der Waals surface area contributed by atoms with E-state index < -0.39 is 17.8 Å². The van der Waals surface area contributed by atoms with Gasteiger partial charge < -0.3 is 13.9 Å². The van der Waals surface area contributed by atoms with Gasteiger partial charge in [0.2, 0.25) is 0 Å². The van der Waals surface area contributed by atoms with Crippen LogP contribution in [0.1, 0.15) is 20.3 Å². The molecule has 0 spiro atoms. The summed E-state index contributed by atoms with van der Waals surface area (Å²) in [6.45, 7) is 3.84. The van der Waals surface area contributed by atoms with Crippen LogP contribution >= 0.6 is 0 Å². The van der Waals surface area contributed by atoms with Gasteiger partial charge >= 0.3 is 0 Å². The molecule has 0 aliphatic heterocycles. The van der Waals surface area contributed by atoms with Crippen LogP contribution in [0.15, 0.2) is 29.3 Å². The lowest BCUT2D eigenvalue weighted by atomic mass is 10.2. The molecule has 0 saturated carbocycles. The van der Waals surface area contributed by atoms with Crippen LogP contribution in [0.5, 0.6) is 5.75 Å². The Bertz CT molecular complexity index is 624. The monoisotopic (exact) mass is 299 g/mol. The van der Waals surface area contributed by atoms with Gasteiger partial charge in [0, 0.05) is 12.7 Å². The largest absolute Gasteiger partial charge is 0.490 e. The number of fused-ring (bicyclic) bond motifs is 1. The van der Waals surface area contributed by atoms with Gasteiger partial charge in [-0.3, -0.25) is 4.39 Å². The van der Waals surface area contributed by atoms with Gasteiger partial charge in [0.15, 0.2) is 11.1 Å². The molecule has 1 atom stereocenters. The molecule has 4 nitrogen and oxygen atoms in total. The Labute approximate surface area is 119 Å². The molecule has 0 radical (unpaired) electrons. The second-order valence-electron chi connectivity index (χ2n) is 4.80. The van der Waals surface area contributed by atoms with Gasteiger partial charge in [-0.15, -0.1) is 0 Å². The summed E-state index contributed by atoms with van der Waals surface area (Å²) in [7, 11) is 0. The van der Waals surface area contributed by atoms with Crippen molar-refractivity contribution >= 4 is 22.0 Å². The molecule has 1 aromatic carbocycles. The molecule has 2 rings (SSSR count). The van der Waals surface area contributed by atoms with E-state index in [0.29, 0.717) is 29.0 Å². The van der Waals surface area contributed by atoms with E-state index >= 15 is 0 Å². The summed E-state index contributed by atoms with van der Waals surface area (Å²) in [5.41, 5.74) is 0.786. The maximum atomic E-state index is 12.3. The zero-order valence-corrected chi connectivity index (χ0v) is 12.3. The van der Waals surface area contributed by atoms with Gasteiger partial charge in [-0.25, -0.2) is 4.21 Å². The average Bonchev–Trinajstić information content (AvgIpc) is 2.76. The minimum absolute atomic E-state index is 0.0326.